The highest BCUT2D eigenvalue weighted by Gasteiger charge is 2.46. The number of thiophene rings is 1. The van der Waals surface area contributed by atoms with Gasteiger partial charge in [-0.3, -0.25) is 4.90 Å². The van der Waals surface area contributed by atoms with Gasteiger partial charge in [-0.2, -0.15) is 0 Å². The molecule has 2 aliphatic heterocycles. The number of benzene rings is 10. The van der Waals surface area contributed by atoms with Crippen LogP contribution in [0.3, 0.4) is 0 Å². The third-order valence-electron chi connectivity index (χ3n) is 16.2. The number of para-hydroxylation sites is 4. The third-order valence-corrected chi connectivity index (χ3v) is 17.4. The van der Waals surface area contributed by atoms with E-state index in [0.29, 0.717) is 0 Å². The van der Waals surface area contributed by atoms with E-state index in [0.717, 1.165) is 89.4 Å². The molecule has 0 unspecified atom stereocenters. The minimum absolute atomic E-state index is 0.00858. The van der Waals surface area contributed by atoms with Crippen LogP contribution in [0.2, 0.25) is 0 Å². The molecule has 0 amide bonds. The molecule has 0 saturated heterocycles. The molecule has 3 aromatic heterocycles. The van der Waals surface area contributed by atoms with Crippen molar-refractivity contribution in [1.29, 1.82) is 0 Å². The number of fused-ring (bicyclic) bond motifs is 12. The summed E-state index contributed by atoms with van der Waals surface area (Å²) in [5.74, 6) is 0. The van der Waals surface area contributed by atoms with E-state index < -0.39 is 0 Å². The molecule has 0 atom stereocenters. The maximum Gasteiger partial charge on any atom is 0.254 e. The summed E-state index contributed by atoms with van der Waals surface area (Å²) in [6.45, 7) is 13.5. The zero-order valence-electron chi connectivity index (χ0n) is 43.9. The summed E-state index contributed by atoms with van der Waals surface area (Å²) in [5.41, 5.74) is 20.8. The summed E-state index contributed by atoms with van der Waals surface area (Å²) in [4.78, 5) is 7.43. The zero-order valence-corrected chi connectivity index (χ0v) is 44.7. The SMILES string of the molecule is CC(C)(C)c1ccc(N(c2ccc(C(C)(C)C)cc2)c2ccc3c(c2)N(c2cccc4c2oc2ccccc24)c2cccc4c2B3c2c(sc3ccc(-c5ccccc5)cc23)N4c2cccc3c2oc2ccccc23)cc1. The average Bonchev–Trinajstić information content (AvgIpc) is 4.17. The Morgan fingerprint density at radius 1 is 0.390 bits per heavy atom. The van der Waals surface area contributed by atoms with Gasteiger partial charge in [0.1, 0.15) is 11.2 Å². The highest BCUT2D eigenvalue weighted by Crippen LogP contribution is 2.52. The van der Waals surface area contributed by atoms with Gasteiger partial charge in [-0.15, -0.1) is 11.3 Å². The summed E-state index contributed by atoms with van der Waals surface area (Å²) in [6, 6.07) is 80.4. The first kappa shape index (κ1) is 45.6. The molecule has 0 N–H and O–H groups in total. The number of anilines is 9. The predicted octanol–water partition coefficient (Wildman–Crippen LogP) is 18.5. The normalized spacial score (nSPS) is 13.2. The van der Waals surface area contributed by atoms with E-state index in [-0.39, 0.29) is 17.5 Å². The molecule has 2 aliphatic rings. The second kappa shape index (κ2) is 16.9. The highest BCUT2D eigenvalue weighted by molar-refractivity contribution is 7.26. The predicted molar refractivity (Wildman–Crippen MR) is 328 cm³/mol. The molecule has 0 bridgehead atoms. The van der Waals surface area contributed by atoms with Crippen molar-refractivity contribution < 1.29 is 8.83 Å². The van der Waals surface area contributed by atoms with E-state index in [2.05, 4.69) is 275 Å². The maximum atomic E-state index is 7.01. The first-order chi connectivity index (χ1) is 37.5. The van der Waals surface area contributed by atoms with Crippen LogP contribution in [0.25, 0.3) is 65.1 Å². The van der Waals surface area contributed by atoms with E-state index in [1.54, 1.807) is 0 Å². The van der Waals surface area contributed by atoms with Gasteiger partial charge >= 0.3 is 0 Å². The van der Waals surface area contributed by atoms with Gasteiger partial charge in [0.2, 0.25) is 0 Å². The van der Waals surface area contributed by atoms with Gasteiger partial charge in [0, 0.05) is 60.4 Å². The van der Waals surface area contributed by atoms with Crippen LogP contribution in [-0.4, -0.2) is 6.71 Å². The summed E-state index contributed by atoms with van der Waals surface area (Å²) in [6.07, 6.45) is 0. The van der Waals surface area contributed by atoms with Crippen LogP contribution in [0.1, 0.15) is 52.7 Å². The lowest BCUT2D eigenvalue weighted by Gasteiger charge is -2.43. The third kappa shape index (κ3) is 7.06. The summed E-state index contributed by atoms with van der Waals surface area (Å²) >= 11 is 1.87. The lowest BCUT2D eigenvalue weighted by Crippen LogP contribution is -2.61. The largest absolute Gasteiger partial charge is 0.454 e. The Morgan fingerprint density at radius 3 is 1.49 bits per heavy atom. The molecule has 0 fully saturated rings. The summed E-state index contributed by atoms with van der Waals surface area (Å²) < 4.78 is 15.2. The van der Waals surface area contributed by atoms with Crippen LogP contribution in [0, 0.1) is 0 Å². The molecule has 13 aromatic rings. The van der Waals surface area contributed by atoms with Gasteiger partial charge in [0.05, 0.1) is 16.4 Å². The molecule has 5 nitrogen and oxygen atoms in total. The van der Waals surface area contributed by atoms with Crippen LogP contribution >= 0.6 is 11.3 Å². The summed E-state index contributed by atoms with van der Waals surface area (Å²) in [5, 5.41) is 6.83. The van der Waals surface area contributed by atoms with Crippen molar-refractivity contribution in [2.45, 2.75) is 52.4 Å². The Balaban J connectivity index is 1.03. The Hall–Kier alpha value is -8.78. The number of nitrogens with zero attached hydrogens (tertiary/aromatic N) is 3. The molecule has 7 heteroatoms. The molecule has 10 aromatic carbocycles. The quantitative estimate of drug-likeness (QED) is 0.155. The molecular weight excluding hydrogens is 958 g/mol. The van der Waals surface area contributed by atoms with Crippen molar-refractivity contribution in [3.05, 3.63) is 230 Å². The fraction of sp³-hybridized carbons (Fsp3) is 0.114. The van der Waals surface area contributed by atoms with Crippen molar-refractivity contribution in [3.63, 3.8) is 0 Å². The lowest BCUT2D eigenvalue weighted by atomic mass is 9.33. The first-order valence-corrected chi connectivity index (χ1v) is 27.6. The molecule has 5 heterocycles. The number of furan rings is 2. The molecule has 77 heavy (non-hydrogen) atoms. The number of hydrogen-bond acceptors (Lipinski definition) is 6. The van der Waals surface area contributed by atoms with Gasteiger partial charge in [-0.25, -0.2) is 0 Å². The van der Waals surface area contributed by atoms with Crippen LogP contribution in [-0.2, 0) is 10.8 Å². The highest BCUT2D eigenvalue weighted by atomic mass is 32.1. The van der Waals surface area contributed by atoms with Crippen LogP contribution < -0.4 is 31.1 Å². The zero-order chi connectivity index (χ0) is 51.9. The maximum absolute atomic E-state index is 7.01. The fourth-order valence-electron chi connectivity index (χ4n) is 12.4. The van der Waals surface area contributed by atoms with Crippen molar-refractivity contribution >= 4 is 139 Å². The van der Waals surface area contributed by atoms with Gasteiger partial charge in [-0.1, -0.05) is 175 Å². The van der Waals surface area contributed by atoms with Crippen molar-refractivity contribution in [1.82, 2.24) is 0 Å². The van der Waals surface area contributed by atoms with Crippen LogP contribution in [0.5, 0.6) is 0 Å². The Labute approximate surface area is 452 Å². The molecule has 0 radical (unpaired) electrons. The van der Waals surface area contributed by atoms with Crippen molar-refractivity contribution in [2.24, 2.45) is 0 Å². The molecule has 15 rings (SSSR count). The Bertz CT molecular complexity index is 4440. The van der Waals surface area contributed by atoms with Gasteiger partial charge in [-0.05, 0) is 140 Å². The van der Waals surface area contributed by atoms with Crippen LogP contribution in [0.4, 0.5) is 50.5 Å². The second-order valence-electron chi connectivity index (χ2n) is 22.9. The van der Waals surface area contributed by atoms with Gasteiger partial charge < -0.3 is 18.6 Å². The minimum Gasteiger partial charge on any atom is -0.454 e. The van der Waals surface area contributed by atoms with E-state index in [4.69, 9.17) is 8.83 Å². The van der Waals surface area contributed by atoms with Gasteiger partial charge in [0.15, 0.2) is 11.2 Å². The lowest BCUT2D eigenvalue weighted by molar-refractivity contribution is 0.590. The minimum atomic E-state index is -0.136. The molecule has 0 aliphatic carbocycles. The second-order valence-corrected chi connectivity index (χ2v) is 23.9. The van der Waals surface area contributed by atoms with Crippen molar-refractivity contribution in [3.8, 4) is 11.1 Å². The molecule has 370 valence electrons. The number of hydrogen-bond donors (Lipinski definition) is 0. The molecular formula is C70H54BN3O2S. The van der Waals surface area contributed by atoms with Crippen molar-refractivity contribution in [2.75, 3.05) is 14.7 Å². The standard InChI is InChI=1S/C70H54BN3O2S/c1-69(2,3)45-30-34-47(35-31-45)72(48-36-32-46(33-37-48)70(4,5)6)49-38-39-55-60(42-49)73(58-25-14-21-52-50-19-10-12-27-61(50)75-66(52)58)56-23-16-24-57-65(56)71(55)64-54-41-44(43-17-8-7-9-18-43)29-40-63(54)77-68(64)74(57)59-26-15-22-53-51-20-11-13-28-62(51)76-67(53)59/h7-42H,1-6H3. The fourth-order valence-corrected chi connectivity index (χ4v) is 13.6. The van der Waals surface area contributed by atoms with Gasteiger partial charge in [0.25, 0.3) is 6.71 Å². The average molecular weight is 1010 g/mol. The first-order valence-electron chi connectivity index (χ1n) is 26.8. The van der Waals surface area contributed by atoms with E-state index in [1.807, 2.05) is 11.3 Å². The Kier molecular flexibility index (Phi) is 9.99. The topological polar surface area (TPSA) is 36.0 Å². The van der Waals surface area contributed by atoms with Crippen LogP contribution in [0.15, 0.2) is 227 Å². The van der Waals surface area contributed by atoms with E-state index >= 15 is 0 Å². The molecule has 0 saturated carbocycles. The van der Waals surface area contributed by atoms with E-state index in [1.165, 1.54) is 53.7 Å². The Morgan fingerprint density at radius 2 is 0.896 bits per heavy atom. The van der Waals surface area contributed by atoms with E-state index in [9.17, 15) is 0 Å². The number of rotatable bonds is 6. The summed E-state index contributed by atoms with van der Waals surface area (Å²) in [7, 11) is 0. The monoisotopic (exact) mass is 1010 g/mol. The smallest absolute Gasteiger partial charge is 0.254 e. The molecule has 0 spiro atoms.